The number of halogens is 1. The summed E-state index contributed by atoms with van der Waals surface area (Å²) in [4.78, 5) is 28.5. The molecule has 1 N–H and O–H groups in total. The van der Waals surface area contributed by atoms with Gasteiger partial charge in [-0.1, -0.05) is 55.3 Å². The van der Waals surface area contributed by atoms with E-state index in [1.54, 1.807) is 55.5 Å². The lowest BCUT2D eigenvalue weighted by molar-refractivity contribution is -0.139. The second-order valence-corrected chi connectivity index (χ2v) is 11.8. The predicted octanol–water partition coefficient (Wildman–Crippen LogP) is 4.81. The fraction of sp³-hybridized carbons (Fsp3) is 0.333. The average molecular weight is 552 g/mol. The van der Waals surface area contributed by atoms with E-state index in [2.05, 4.69) is 5.32 Å². The lowest BCUT2D eigenvalue weighted by Crippen LogP contribution is -2.52. The highest BCUT2D eigenvalue weighted by Crippen LogP contribution is 2.25. The summed E-state index contributed by atoms with van der Waals surface area (Å²) in [6, 6.07) is 19.7. The van der Waals surface area contributed by atoms with Gasteiger partial charge in [-0.15, -0.1) is 0 Å². The Hall–Kier alpha value is -3.72. The molecule has 2 amide bonds. The topological polar surface area (TPSA) is 86.8 Å². The van der Waals surface area contributed by atoms with Crippen molar-refractivity contribution in [3.63, 3.8) is 0 Å². The molecule has 4 rings (SSSR count). The van der Waals surface area contributed by atoms with Crippen LogP contribution in [0.3, 0.4) is 0 Å². The molecule has 0 spiro atoms. The number of rotatable bonds is 10. The smallest absolute Gasteiger partial charge is 0.264 e. The molecular formula is C30H34FN3O4S. The van der Waals surface area contributed by atoms with Crippen LogP contribution in [0.5, 0.6) is 0 Å². The minimum Gasteiger partial charge on any atom is -0.352 e. The van der Waals surface area contributed by atoms with Gasteiger partial charge >= 0.3 is 0 Å². The molecule has 0 aromatic heterocycles. The van der Waals surface area contributed by atoms with Gasteiger partial charge in [0.2, 0.25) is 11.8 Å². The molecule has 1 fully saturated rings. The molecule has 1 atom stereocenters. The van der Waals surface area contributed by atoms with Crippen LogP contribution in [0.2, 0.25) is 0 Å². The van der Waals surface area contributed by atoms with Gasteiger partial charge in [-0.25, -0.2) is 12.8 Å². The van der Waals surface area contributed by atoms with Gasteiger partial charge in [-0.3, -0.25) is 13.9 Å². The lowest BCUT2D eigenvalue weighted by Gasteiger charge is -2.32. The Labute approximate surface area is 229 Å². The SMILES string of the molecule is Cc1cccc(N(CC(=O)N(Cc2ccc(F)cc2)[C@H](C)C(=O)NC2CCCC2)S(=O)(=O)c2ccccc2)c1. The molecule has 7 nitrogen and oxygen atoms in total. The van der Waals surface area contributed by atoms with Crippen LogP contribution in [0.1, 0.15) is 43.7 Å². The maximum absolute atomic E-state index is 13.9. The van der Waals surface area contributed by atoms with Crippen LogP contribution in [0.25, 0.3) is 0 Å². The van der Waals surface area contributed by atoms with Crippen LogP contribution in [-0.2, 0) is 26.2 Å². The molecule has 0 heterocycles. The van der Waals surface area contributed by atoms with Gasteiger partial charge in [0, 0.05) is 12.6 Å². The van der Waals surface area contributed by atoms with Crippen molar-refractivity contribution in [2.45, 2.75) is 63.1 Å². The number of aryl methyl sites for hydroxylation is 1. The molecule has 39 heavy (non-hydrogen) atoms. The minimum absolute atomic E-state index is 0.0193. The van der Waals surface area contributed by atoms with Crippen LogP contribution in [-0.4, -0.2) is 43.8 Å². The number of hydrogen-bond acceptors (Lipinski definition) is 4. The second kappa shape index (κ2) is 12.4. The highest BCUT2D eigenvalue weighted by Gasteiger charge is 2.33. The van der Waals surface area contributed by atoms with E-state index in [0.717, 1.165) is 35.6 Å². The Morgan fingerprint density at radius 2 is 1.64 bits per heavy atom. The first kappa shape index (κ1) is 28.3. The van der Waals surface area contributed by atoms with E-state index >= 15 is 0 Å². The van der Waals surface area contributed by atoms with Gasteiger partial charge in [0.05, 0.1) is 10.6 Å². The number of hydrogen-bond donors (Lipinski definition) is 1. The summed E-state index contributed by atoms with van der Waals surface area (Å²) in [6.45, 7) is 2.98. The first-order chi connectivity index (χ1) is 18.6. The fourth-order valence-electron chi connectivity index (χ4n) is 4.79. The Balaban J connectivity index is 1.67. The molecule has 0 bridgehead atoms. The van der Waals surface area contributed by atoms with E-state index in [4.69, 9.17) is 0 Å². The van der Waals surface area contributed by atoms with Gasteiger partial charge < -0.3 is 10.2 Å². The van der Waals surface area contributed by atoms with Crippen molar-refractivity contribution in [3.8, 4) is 0 Å². The molecule has 3 aromatic rings. The summed E-state index contributed by atoms with van der Waals surface area (Å²) >= 11 is 0. The molecule has 9 heteroatoms. The molecule has 0 saturated heterocycles. The molecule has 1 saturated carbocycles. The van der Waals surface area contributed by atoms with E-state index in [1.165, 1.54) is 29.2 Å². The Bertz CT molecular complexity index is 1390. The summed E-state index contributed by atoms with van der Waals surface area (Å²) in [7, 11) is -4.11. The number of anilines is 1. The fourth-order valence-corrected chi connectivity index (χ4v) is 6.22. The van der Waals surface area contributed by atoms with Crippen LogP contribution in [0.4, 0.5) is 10.1 Å². The standard InChI is InChI=1S/C30H34FN3O4S/c1-22-9-8-12-27(19-22)34(39(37,38)28-13-4-3-5-14-28)21-29(35)33(20-24-15-17-25(31)18-16-24)23(2)30(36)32-26-10-6-7-11-26/h3-5,8-9,12-19,23,26H,6-7,10-11,20-21H2,1-2H3,(H,32,36)/t23-/m1/s1. The molecule has 0 aliphatic heterocycles. The van der Waals surface area contributed by atoms with Crippen molar-refractivity contribution < 1.29 is 22.4 Å². The molecule has 0 radical (unpaired) electrons. The zero-order chi connectivity index (χ0) is 28.0. The summed E-state index contributed by atoms with van der Waals surface area (Å²) in [5, 5.41) is 3.03. The number of nitrogens with one attached hydrogen (secondary N) is 1. The van der Waals surface area contributed by atoms with Crippen LogP contribution in [0, 0.1) is 12.7 Å². The molecule has 0 unspecified atom stereocenters. The third-order valence-electron chi connectivity index (χ3n) is 7.03. The normalized spacial score (nSPS) is 14.5. The number of sulfonamides is 1. The van der Waals surface area contributed by atoms with Crippen molar-refractivity contribution in [2.75, 3.05) is 10.8 Å². The zero-order valence-corrected chi connectivity index (χ0v) is 23.0. The third-order valence-corrected chi connectivity index (χ3v) is 8.82. The first-order valence-electron chi connectivity index (χ1n) is 13.1. The van der Waals surface area contributed by atoms with Gasteiger partial charge in [-0.2, -0.15) is 0 Å². The Morgan fingerprint density at radius 1 is 0.974 bits per heavy atom. The molecule has 1 aliphatic carbocycles. The number of carbonyl (C=O) groups is 2. The van der Waals surface area contributed by atoms with Gasteiger partial charge in [0.15, 0.2) is 0 Å². The van der Waals surface area contributed by atoms with E-state index in [1.807, 2.05) is 13.0 Å². The van der Waals surface area contributed by atoms with Crippen LogP contribution >= 0.6 is 0 Å². The first-order valence-corrected chi connectivity index (χ1v) is 14.6. The molecule has 1 aliphatic rings. The molecule has 206 valence electrons. The number of carbonyl (C=O) groups excluding carboxylic acids is 2. The molecular weight excluding hydrogens is 517 g/mol. The van der Waals surface area contributed by atoms with Crippen molar-refractivity contribution in [3.05, 3.63) is 95.8 Å². The average Bonchev–Trinajstić information content (AvgIpc) is 3.44. The third kappa shape index (κ3) is 7.03. The van der Waals surface area contributed by atoms with E-state index in [0.29, 0.717) is 11.3 Å². The summed E-state index contributed by atoms with van der Waals surface area (Å²) in [5.41, 5.74) is 1.80. The van der Waals surface area contributed by atoms with E-state index < -0.39 is 34.3 Å². The van der Waals surface area contributed by atoms with Crippen molar-refractivity contribution in [1.82, 2.24) is 10.2 Å². The second-order valence-electron chi connectivity index (χ2n) is 9.98. The number of benzene rings is 3. The summed E-state index contributed by atoms with van der Waals surface area (Å²) < 4.78 is 42.2. The van der Waals surface area contributed by atoms with Gasteiger partial charge in [-0.05, 0) is 74.2 Å². The van der Waals surface area contributed by atoms with Crippen LogP contribution < -0.4 is 9.62 Å². The van der Waals surface area contributed by atoms with Gasteiger partial charge in [0.25, 0.3) is 10.0 Å². The highest BCUT2D eigenvalue weighted by atomic mass is 32.2. The van der Waals surface area contributed by atoms with Crippen molar-refractivity contribution in [1.29, 1.82) is 0 Å². The van der Waals surface area contributed by atoms with Crippen molar-refractivity contribution in [2.24, 2.45) is 0 Å². The molecule has 3 aromatic carbocycles. The Kier molecular flexibility index (Phi) is 9.01. The maximum Gasteiger partial charge on any atom is 0.264 e. The Morgan fingerprint density at radius 3 is 2.28 bits per heavy atom. The summed E-state index contributed by atoms with van der Waals surface area (Å²) in [6.07, 6.45) is 3.86. The largest absolute Gasteiger partial charge is 0.352 e. The van der Waals surface area contributed by atoms with E-state index in [-0.39, 0.29) is 23.4 Å². The van der Waals surface area contributed by atoms with Crippen LogP contribution in [0.15, 0.2) is 83.8 Å². The monoisotopic (exact) mass is 551 g/mol. The quantitative estimate of drug-likeness (QED) is 0.392. The summed E-state index contributed by atoms with van der Waals surface area (Å²) in [5.74, 6) is -1.26. The number of nitrogens with zero attached hydrogens (tertiary/aromatic N) is 2. The minimum atomic E-state index is -4.11. The lowest BCUT2D eigenvalue weighted by atomic mass is 10.1. The van der Waals surface area contributed by atoms with Crippen molar-refractivity contribution >= 4 is 27.5 Å². The van der Waals surface area contributed by atoms with Gasteiger partial charge in [0.1, 0.15) is 18.4 Å². The number of amides is 2. The van der Waals surface area contributed by atoms with E-state index in [9.17, 15) is 22.4 Å². The maximum atomic E-state index is 13.9. The predicted molar refractivity (Wildman–Crippen MR) is 149 cm³/mol. The zero-order valence-electron chi connectivity index (χ0n) is 22.2. The highest BCUT2D eigenvalue weighted by molar-refractivity contribution is 7.92.